The van der Waals surface area contributed by atoms with Crippen molar-refractivity contribution in [1.82, 2.24) is 0 Å². The van der Waals surface area contributed by atoms with Crippen LogP contribution < -0.4 is 0 Å². The number of halogens is 1. The van der Waals surface area contributed by atoms with Crippen molar-refractivity contribution in [3.8, 4) is 0 Å². The molecule has 1 aliphatic rings. The Bertz CT molecular complexity index is 394. The van der Waals surface area contributed by atoms with E-state index in [9.17, 15) is 4.79 Å². The van der Waals surface area contributed by atoms with Crippen LogP contribution in [-0.4, -0.2) is 6.29 Å². The van der Waals surface area contributed by atoms with Gasteiger partial charge in [0.25, 0.3) is 0 Å². The van der Waals surface area contributed by atoms with Gasteiger partial charge in [-0.2, -0.15) is 0 Å². The molecule has 1 aromatic carbocycles. The van der Waals surface area contributed by atoms with Gasteiger partial charge in [-0.25, -0.2) is 0 Å². The second-order valence-corrected chi connectivity index (χ2v) is 6.30. The minimum absolute atomic E-state index is 0.317. The summed E-state index contributed by atoms with van der Waals surface area (Å²) in [5, 5.41) is 0. The summed E-state index contributed by atoms with van der Waals surface area (Å²) in [6.45, 7) is 4.38. The summed E-state index contributed by atoms with van der Waals surface area (Å²) in [7, 11) is 0. The topological polar surface area (TPSA) is 17.1 Å². The van der Waals surface area contributed by atoms with E-state index < -0.39 is 0 Å². The van der Waals surface area contributed by atoms with E-state index in [1.165, 1.54) is 33.1 Å². The molecule has 0 amide bonds. The summed E-state index contributed by atoms with van der Waals surface area (Å²) < 4.78 is 1.38. The molecule has 0 saturated heterocycles. The van der Waals surface area contributed by atoms with Gasteiger partial charge in [-0.3, -0.25) is 0 Å². The first-order valence-electron chi connectivity index (χ1n) is 6.33. The summed E-state index contributed by atoms with van der Waals surface area (Å²) in [6, 6.07) is 4.67. The molecule has 0 radical (unpaired) electrons. The predicted octanol–water partition coefficient (Wildman–Crippen LogP) is 4.38. The third-order valence-electron chi connectivity index (χ3n) is 3.89. The molecule has 0 aromatic heterocycles. The monoisotopic (exact) mass is 342 g/mol. The average molecular weight is 342 g/mol. The minimum Gasteiger partial charge on any atom is -0.303 e. The normalized spacial score (nSPS) is 24.6. The maximum atomic E-state index is 10.8. The van der Waals surface area contributed by atoms with Gasteiger partial charge in [0.05, 0.1) is 0 Å². The summed E-state index contributed by atoms with van der Waals surface area (Å²) in [4.78, 5) is 10.8. The van der Waals surface area contributed by atoms with E-state index in [-0.39, 0.29) is 0 Å². The van der Waals surface area contributed by atoms with Crippen LogP contribution in [0.3, 0.4) is 0 Å². The van der Waals surface area contributed by atoms with Crippen molar-refractivity contribution in [3.05, 3.63) is 32.4 Å². The first-order chi connectivity index (χ1) is 8.11. The molecule has 1 fully saturated rings. The van der Waals surface area contributed by atoms with Crippen LogP contribution in [0.1, 0.15) is 48.3 Å². The Morgan fingerprint density at radius 1 is 1.12 bits per heavy atom. The number of hydrogen-bond acceptors (Lipinski definition) is 1. The van der Waals surface area contributed by atoms with Crippen molar-refractivity contribution in [2.24, 2.45) is 5.92 Å². The summed E-state index contributed by atoms with van der Waals surface area (Å²) >= 11 is 2.42. The van der Waals surface area contributed by atoms with E-state index >= 15 is 0 Å². The third kappa shape index (κ3) is 2.90. The van der Waals surface area contributed by atoms with Gasteiger partial charge in [-0.1, -0.05) is 12.1 Å². The van der Waals surface area contributed by atoms with Crippen LogP contribution in [0.15, 0.2) is 12.1 Å². The molecule has 0 heterocycles. The standard InChI is InChI=1S/C15H19IO/c1-10-7-14(8-11(2)15(10)16)13-5-3-12(9-17)4-6-13/h7-9,12-13H,3-6H2,1-2H3. The van der Waals surface area contributed by atoms with Crippen molar-refractivity contribution in [3.63, 3.8) is 0 Å². The van der Waals surface area contributed by atoms with Gasteiger partial charge in [0.1, 0.15) is 6.29 Å². The number of hydrogen-bond donors (Lipinski definition) is 0. The highest BCUT2D eigenvalue weighted by molar-refractivity contribution is 14.1. The quantitative estimate of drug-likeness (QED) is 0.576. The molecule has 1 aliphatic carbocycles. The van der Waals surface area contributed by atoms with Gasteiger partial charge >= 0.3 is 0 Å². The SMILES string of the molecule is Cc1cc(C2CCC(C=O)CC2)cc(C)c1I. The van der Waals surface area contributed by atoms with E-state index in [0.717, 1.165) is 19.1 Å². The highest BCUT2D eigenvalue weighted by atomic mass is 127. The van der Waals surface area contributed by atoms with Crippen LogP contribution in [0.25, 0.3) is 0 Å². The first-order valence-corrected chi connectivity index (χ1v) is 7.41. The van der Waals surface area contributed by atoms with Crippen molar-refractivity contribution >= 4 is 28.9 Å². The molecule has 0 spiro atoms. The molecule has 2 rings (SSSR count). The lowest BCUT2D eigenvalue weighted by Crippen LogP contribution is -2.14. The fourth-order valence-corrected chi connectivity index (χ4v) is 3.12. The number of carbonyl (C=O) groups excluding carboxylic acids is 1. The largest absolute Gasteiger partial charge is 0.303 e. The van der Waals surface area contributed by atoms with Crippen LogP contribution in [0, 0.1) is 23.3 Å². The Balaban J connectivity index is 2.16. The maximum Gasteiger partial charge on any atom is 0.123 e. The van der Waals surface area contributed by atoms with E-state index in [4.69, 9.17) is 0 Å². The summed E-state index contributed by atoms with van der Waals surface area (Å²) in [6.07, 6.45) is 5.61. The van der Waals surface area contributed by atoms with E-state index in [1.54, 1.807) is 0 Å². The zero-order valence-corrected chi connectivity index (χ0v) is 12.7. The molecule has 0 aliphatic heterocycles. The van der Waals surface area contributed by atoms with Gasteiger partial charge in [0.15, 0.2) is 0 Å². The van der Waals surface area contributed by atoms with Crippen LogP contribution in [0.4, 0.5) is 0 Å². The van der Waals surface area contributed by atoms with E-state index in [0.29, 0.717) is 11.8 Å². The Kier molecular flexibility index (Phi) is 4.23. The van der Waals surface area contributed by atoms with Crippen molar-refractivity contribution in [2.45, 2.75) is 45.4 Å². The molecule has 0 N–H and O–H groups in total. The highest BCUT2D eigenvalue weighted by Crippen LogP contribution is 2.36. The lowest BCUT2D eigenvalue weighted by atomic mass is 9.79. The highest BCUT2D eigenvalue weighted by Gasteiger charge is 2.22. The Morgan fingerprint density at radius 3 is 2.12 bits per heavy atom. The third-order valence-corrected chi connectivity index (χ3v) is 5.60. The van der Waals surface area contributed by atoms with E-state index in [2.05, 4.69) is 48.6 Å². The number of carbonyl (C=O) groups is 1. The number of aryl methyl sites for hydroxylation is 2. The maximum absolute atomic E-state index is 10.8. The van der Waals surface area contributed by atoms with Gasteiger partial charge in [0, 0.05) is 9.49 Å². The Hall–Kier alpha value is -0.380. The number of rotatable bonds is 2. The Morgan fingerprint density at radius 2 is 1.65 bits per heavy atom. The van der Waals surface area contributed by atoms with Gasteiger partial charge in [0.2, 0.25) is 0 Å². The van der Waals surface area contributed by atoms with E-state index in [1.807, 2.05) is 0 Å². The van der Waals surface area contributed by atoms with Gasteiger partial charge < -0.3 is 4.79 Å². The molecular formula is C15H19IO. The molecule has 0 atom stereocenters. The fourth-order valence-electron chi connectivity index (χ4n) is 2.80. The van der Waals surface area contributed by atoms with Crippen molar-refractivity contribution in [1.29, 1.82) is 0 Å². The second-order valence-electron chi connectivity index (χ2n) is 5.22. The van der Waals surface area contributed by atoms with Crippen molar-refractivity contribution in [2.75, 3.05) is 0 Å². The van der Waals surface area contributed by atoms with Crippen LogP contribution >= 0.6 is 22.6 Å². The molecule has 1 nitrogen and oxygen atoms in total. The zero-order chi connectivity index (χ0) is 12.4. The minimum atomic E-state index is 0.317. The molecule has 0 unspecified atom stereocenters. The molecule has 1 saturated carbocycles. The Labute approximate surface area is 117 Å². The zero-order valence-electron chi connectivity index (χ0n) is 10.5. The number of benzene rings is 1. The number of aldehydes is 1. The molecule has 17 heavy (non-hydrogen) atoms. The summed E-state index contributed by atoms with van der Waals surface area (Å²) in [5.41, 5.74) is 4.25. The molecular weight excluding hydrogens is 323 g/mol. The summed E-state index contributed by atoms with van der Waals surface area (Å²) in [5.74, 6) is 0.984. The second kappa shape index (κ2) is 5.51. The average Bonchev–Trinajstić information content (AvgIpc) is 2.35. The predicted molar refractivity (Wildman–Crippen MR) is 79.4 cm³/mol. The van der Waals surface area contributed by atoms with Gasteiger partial charge in [-0.15, -0.1) is 0 Å². The first kappa shape index (κ1) is 13.1. The lowest BCUT2D eigenvalue weighted by molar-refractivity contribution is -0.111. The van der Waals surface area contributed by atoms with Gasteiger partial charge in [-0.05, 0) is 84.7 Å². The van der Waals surface area contributed by atoms with Crippen molar-refractivity contribution < 1.29 is 4.79 Å². The van der Waals surface area contributed by atoms with Crippen LogP contribution in [-0.2, 0) is 4.79 Å². The lowest BCUT2D eigenvalue weighted by Gasteiger charge is -2.26. The molecule has 1 aromatic rings. The smallest absolute Gasteiger partial charge is 0.123 e. The molecule has 0 bridgehead atoms. The molecule has 92 valence electrons. The molecule has 2 heteroatoms. The van der Waals surface area contributed by atoms with Crippen LogP contribution in [0.2, 0.25) is 0 Å². The fraction of sp³-hybridized carbons (Fsp3) is 0.533. The van der Waals surface area contributed by atoms with Crippen LogP contribution in [0.5, 0.6) is 0 Å².